The highest BCUT2D eigenvalue weighted by Crippen LogP contribution is 2.28. The van der Waals surface area contributed by atoms with E-state index in [1.807, 2.05) is 48.5 Å². The van der Waals surface area contributed by atoms with Gasteiger partial charge in [-0.05, 0) is 23.8 Å². The Bertz CT molecular complexity index is 775. The molecule has 2 aromatic rings. The molecule has 0 aliphatic rings. The summed E-state index contributed by atoms with van der Waals surface area (Å²) < 4.78 is 41.6. The van der Waals surface area contributed by atoms with E-state index in [4.69, 9.17) is 4.74 Å². The Balaban J connectivity index is 1.91. The van der Waals surface area contributed by atoms with E-state index in [2.05, 4.69) is 0 Å². The van der Waals surface area contributed by atoms with Crippen molar-refractivity contribution in [2.75, 3.05) is 13.7 Å². The summed E-state index contributed by atoms with van der Waals surface area (Å²) in [4.78, 5) is 11.7. The van der Waals surface area contributed by atoms with Crippen LogP contribution in [-0.2, 0) is 10.5 Å². The first-order valence-electron chi connectivity index (χ1n) is 7.76. The van der Waals surface area contributed by atoms with Crippen LogP contribution in [0.2, 0.25) is 0 Å². The Morgan fingerprint density at radius 3 is 2.69 bits per heavy atom. The Morgan fingerprint density at radius 1 is 1.19 bits per heavy atom. The van der Waals surface area contributed by atoms with Crippen molar-refractivity contribution in [3.63, 3.8) is 0 Å². The molecular formula is C19H18F3NO2S. The number of thioether (sulfide) groups is 1. The number of nitrogens with one attached hydrogen (secondary N) is 1. The molecule has 0 heterocycles. The predicted molar refractivity (Wildman–Crippen MR) is 97.1 cm³/mol. The maximum Gasteiger partial charge on any atom is 0.471 e. The Kier molecular flexibility index (Phi) is 7.15. The Hall–Kier alpha value is -2.41. The quantitative estimate of drug-likeness (QED) is 0.708. The zero-order valence-electron chi connectivity index (χ0n) is 14.0. The maximum absolute atomic E-state index is 12.1. The van der Waals surface area contributed by atoms with Gasteiger partial charge in [0.25, 0.3) is 0 Å². The highest BCUT2D eigenvalue weighted by molar-refractivity contribution is 7.98. The molecule has 0 radical (unpaired) electrons. The fraction of sp³-hybridized carbons (Fsp3) is 0.211. The third kappa shape index (κ3) is 6.15. The van der Waals surface area contributed by atoms with Crippen LogP contribution in [0.25, 0.3) is 6.08 Å². The highest BCUT2D eigenvalue weighted by atomic mass is 32.2. The van der Waals surface area contributed by atoms with E-state index in [1.165, 1.54) is 6.08 Å². The number of benzene rings is 2. The lowest BCUT2D eigenvalue weighted by Crippen LogP contribution is -2.36. The summed E-state index contributed by atoms with van der Waals surface area (Å²) in [7, 11) is 1.63. The average Bonchev–Trinajstić information content (AvgIpc) is 2.63. The molecular weight excluding hydrogens is 363 g/mol. The van der Waals surface area contributed by atoms with Crippen LogP contribution in [0.4, 0.5) is 13.2 Å². The van der Waals surface area contributed by atoms with E-state index in [9.17, 15) is 18.0 Å². The molecule has 0 fully saturated rings. The van der Waals surface area contributed by atoms with Gasteiger partial charge < -0.3 is 10.1 Å². The Labute approximate surface area is 154 Å². The van der Waals surface area contributed by atoms with Crippen molar-refractivity contribution in [3.8, 4) is 5.75 Å². The van der Waals surface area contributed by atoms with Crippen molar-refractivity contribution in [3.05, 3.63) is 65.7 Å². The number of methoxy groups -OCH3 is 1. The van der Waals surface area contributed by atoms with E-state index in [0.717, 1.165) is 27.5 Å². The number of amides is 1. The monoisotopic (exact) mass is 381 g/mol. The zero-order chi connectivity index (χ0) is 19.0. The Morgan fingerprint density at radius 2 is 1.96 bits per heavy atom. The molecule has 2 aromatic carbocycles. The summed E-state index contributed by atoms with van der Waals surface area (Å²) in [5.74, 6) is -0.376. The van der Waals surface area contributed by atoms with Crippen molar-refractivity contribution >= 4 is 23.7 Å². The number of carbonyl (C=O) groups is 1. The van der Waals surface area contributed by atoms with Crippen LogP contribution in [-0.4, -0.2) is 25.7 Å². The van der Waals surface area contributed by atoms with Gasteiger partial charge in [0.1, 0.15) is 5.75 Å². The first-order valence-corrected chi connectivity index (χ1v) is 8.75. The number of ether oxygens (including phenoxy) is 1. The van der Waals surface area contributed by atoms with Gasteiger partial charge in [0, 0.05) is 22.8 Å². The molecule has 7 heteroatoms. The molecule has 0 spiro atoms. The predicted octanol–water partition coefficient (Wildman–Crippen LogP) is 4.68. The average molecular weight is 381 g/mol. The normalized spacial score (nSPS) is 11.5. The lowest BCUT2D eigenvalue weighted by molar-refractivity contribution is -0.173. The van der Waals surface area contributed by atoms with E-state index in [-0.39, 0.29) is 6.54 Å². The topological polar surface area (TPSA) is 38.3 Å². The van der Waals surface area contributed by atoms with Gasteiger partial charge in [0.2, 0.25) is 0 Å². The first kappa shape index (κ1) is 19.9. The van der Waals surface area contributed by atoms with Gasteiger partial charge in [-0.15, -0.1) is 11.8 Å². The third-order valence-corrected chi connectivity index (χ3v) is 4.44. The molecule has 0 aromatic heterocycles. The molecule has 3 nitrogen and oxygen atoms in total. The minimum atomic E-state index is -4.86. The fourth-order valence-corrected chi connectivity index (χ4v) is 3.09. The second kappa shape index (κ2) is 9.33. The molecule has 0 bridgehead atoms. The molecule has 0 saturated carbocycles. The van der Waals surface area contributed by atoms with Gasteiger partial charge in [-0.1, -0.05) is 42.5 Å². The van der Waals surface area contributed by atoms with Crippen LogP contribution in [0.5, 0.6) is 5.75 Å². The summed E-state index contributed by atoms with van der Waals surface area (Å²) in [5.41, 5.74) is 1.92. The number of hydrogen-bond acceptors (Lipinski definition) is 3. The molecule has 0 unspecified atom stereocenters. The van der Waals surface area contributed by atoms with E-state index < -0.39 is 12.1 Å². The molecule has 0 saturated heterocycles. The van der Waals surface area contributed by atoms with Crippen molar-refractivity contribution in [1.29, 1.82) is 0 Å². The van der Waals surface area contributed by atoms with Crippen LogP contribution >= 0.6 is 11.8 Å². The first-order chi connectivity index (χ1) is 12.4. The molecule has 1 amide bonds. The molecule has 26 heavy (non-hydrogen) atoms. The smallest absolute Gasteiger partial charge is 0.471 e. The second-order valence-corrected chi connectivity index (χ2v) is 6.33. The molecule has 0 aliphatic carbocycles. The zero-order valence-corrected chi connectivity index (χ0v) is 14.9. The van der Waals surface area contributed by atoms with Crippen molar-refractivity contribution in [2.45, 2.75) is 16.8 Å². The lowest BCUT2D eigenvalue weighted by atomic mass is 10.2. The number of hydrogen-bond donors (Lipinski definition) is 1. The van der Waals surface area contributed by atoms with Gasteiger partial charge in [-0.25, -0.2) is 0 Å². The van der Waals surface area contributed by atoms with Crippen LogP contribution in [0.15, 0.2) is 59.5 Å². The van der Waals surface area contributed by atoms with Gasteiger partial charge in [0.05, 0.1) is 7.11 Å². The summed E-state index contributed by atoms with van der Waals surface area (Å²) >= 11 is 1.63. The van der Waals surface area contributed by atoms with Crippen LogP contribution in [0, 0.1) is 0 Å². The van der Waals surface area contributed by atoms with Crippen LogP contribution < -0.4 is 10.1 Å². The van der Waals surface area contributed by atoms with Crippen molar-refractivity contribution in [1.82, 2.24) is 5.32 Å². The number of alkyl halides is 3. The van der Waals surface area contributed by atoms with Gasteiger partial charge in [0.15, 0.2) is 0 Å². The highest BCUT2D eigenvalue weighted by Gasteiger charge is 2.37. The number of halogens is 3. The molecule has 1 N–H and O–H groups in total. The molecule has 2 rings (SSSR count). The minimum absolute atomic E-state index is 0.184. The lowest BCUT2D eigenvalue weighted by Gasteiger charge is -2.08. The van der Waals surface area contributed by atoms with Gasteiger partial charge >= 0.3 is 12.1 Å². The second-order valence-electron chi connectivity index (χ2n) is 5.28. The van der Waals surface area contributed by atoms with Crippen LogP contribution in [0.3, 0.4) is 0 Å². The van der Waals surface area contributed by atoms with Crippen molar-refractivity contribution in [2.24, 2.45) is 0 Å². The summed E-state index contributed by atoms with van der Waals surface area (Å²) in [6, 6.07) is 15.4. The fourth-order valence-electron chi connectivity index (χ4n) is 2.14. The molecule has 0 atom stereocenters. The number of rotatable bonds is 7. The summed E-state index contributed by atoms with van der Waals surface area (Å²) in [6.07, 6.45) is -1.71. The third-order valence-electron chi connectivity index (χ3n) is 3.39. The summed E-state index contributed by atoms with van der Waals surface area (Å²) in [6.45, 7) is -0.184. The SMILES string of the molecule is COc1ccccc1CSc1cccc(/C=C/CNC(=O)C(F)(F)F)c1. The standard InChI is InChI=1S/C19H18F3NO2S/c1-25-17-10-3-2-8-15(17)13-26-16-9-4-6-14(12-16)7-5-11-23-18(24)19(20,21)22/h2-10,12H,11,13H2,1H3,(H,23,24)/b7-5+. The van der Waals surface area contributed by atoms with E-state index in [0.29, 0.717) is 0 Å². The van der Waals surface area contributed by atoms with E-state index >= 15 is 0 Å². The van der Waals surface area contributed by atoms with Crippen LogP contribution in [0.1, 0.15) is 11.1 Å². The number of para-hydroxylation sites is 1. The minimum Gasteiger partial charge on any atom is -0.496 e. The van der Waals surface area contributed by atoms with Crippen molar-refractivity contribution < 1.29 is 22.7 Å². The largest absolute Gasteiger partial charge is 0.496 e. The van der Waals surface area contributed by atoms with E-state index in [1.54, 1.807) is 30.3 Å². The maximum atomic E-state index is 12.1. The molecule has 138 valence electrons. The van der Waals surface area contributed by atoms with Gasteiger partial charge in [-0.3, -0.25) is 4.79 Å². The summed E-state index contributed by atoms with van der Waals surface area (Å²) in [5, 5.41) is 1.80. The number of carbonyl (C=O) groups excluding carboxylic acids is 1. The van der Waals surface area contributed by atoms with Gasteiger partial charge in [-0.2, -0.15) is 13.2 Å². The molecule has 0 aliphatic heterocycles.